The first-order valence-electron chi connectivity index (χ1n) is 4.67. The SMILES string of the molecule is N[C@@H](C[C@@H](O)c1ccc(Cl)c(Cl)c1)C(F)(F)F. The summed E-state index contributed by atoms with van der Waals surface area (Å²) >= 11 is 11.3. The van der Waals surface area contributed by atoms with Gasteiger partial charge in [-0.2, -0.15) is 13.2 Å². The number of nitrogens with two attached hydrogens (primary N) is 1. The Labute approximate surface area is 106 Å². The van der Waals surface area contributed by atoms with Crippen LogP contribution < -0.4 is 5.73 Å². The molecule has 0 heterocycles. The highest BCUT2D eigenvalue weighted by Gasteiger charge is 2.37. The lowest BCUT2D eigenvalue weighted by Gasteiger charge is -2.19. The molecule has 0 aliphatic carbocycles. The first-order chi connectivity index (χ1) is 7.71. The zero-order chi connectivity index (χ0) is 13.2. The molecule has 0 saturated heterocycles. The van der Waals surface area contributed by atoms with E-state index in [0.29, 0.717) is 0 Å². The third kappa shape index (κ3) is 4.03. The first kappa shape index (κ1) is 14.6. The minimum Gasteiger partial charge on any atom is -0.388 e. The summed E-state index contributed by atoms with van der Waals surface area (Å²) in [6, 6.07) is 2.05. The van der Waals surface area contributed by atoms with E-state index in [2.05, 4.69) is 0 Å². The second-order valence-electron chi connectivity index (χ2n) is 3.57. The van der Waals surface area contributed by atoms with Crippen LogP contribution in [0.25, 0.3) is 0 Å². The summed E-state index contributed by atoms with van der Waals surface area (Å²) in [5.74, 6) is 0. The van der Waals surface area contributed by atoms with Crippen LogP contribution in [0.4, 0.5) is 13.2 Å². The maximum atomic E-state index is 12.2. The quantitative estimate of drug-likeness (QED) is 0.896. The minimum absolute atomic E-state index is 0.170. The Kier molecular flexibility index (Phi) is 4.66. The van der Waals surface area contributed by atoms with Crippen LogP contribution in [-0.4, -0.2) is 17.3 Å². The highest BCUT2D eigenvalue weighted by Crippen LogP contribution is 2.30. The van der Waals surface area contributed by atoms with Crippen molar-refractivity contribution in [3.05, 3.63) is 33.8 Å². The van der Waals surface area contributed by atoms with Crippen LogP contribution in [0.5, 0.6) is 0 Å². The van der Waals surface area contributed by atoms with Gasteiger partial charge in [0.1, 0.15) is 6.04 Å². The van der Waals surface area contributed by atoms with Gasteiger partial charge in [0, 0.05) is 6.42 Å². The predicted molar refractivity (Wildman–Crippen MR) is 60.1 cm³/mol. The van der Waals surface area contributed by atoms with Crippen LogP contribution in [0.3, 0.4) is 0 Å². The number of aliphatic hydroxyl groups is 1. The van der Waals surface area contributed by atoms with Crippen LogP contribution >= 0.6 is 23.2 Å². The monoisotopic (exact) mass is 287 g/mol. The van der Waals surface area contributed by atoms with Crippen LogP contribution in [0.15, 0.2) is 18.2 Å². The van der Waals surface area contributed by atoms with E-state index in [9.17, 15) is 18.3 Å². The molecule has 0 aromatic heterocycles. The third-order valence-corrected chi connectivity index (χ3v) is 2.97. The van der Waals surface area contributed by atoms with Gasteiger partial charge in [-0.25, -0.2) is 0 Å². The maximum absolute atomic E-state index is 12.2. The van der Waals surface area contributed by atoms with Crippen molar-refractivity contribution in [2.75, 3.05) is 0 Å². The van der Waals surface area contributed by atoms with Gasteiger partial charge < -0.3 is 10.8 Å². The van der Waals surface area contributed by atoms with Crippen molar-refractivity contribution in [2.45, 2.75) is 24.7 Å². The molecule has 96 valence electrons. The highest BCUT2D eigenvalue weighted by atomic mass is 35.5. The van der Waals surface area contributed by atoms with Gasteiger partial charge in [-0.1, -0.05) is 29.3 Å². The molecule has 1 aromatic carbocycles. The van der Waals surface area contributed by atoms with Crippen molar-refractivity contribution in [2.24, 2.45) is 5.73 Å². The van der Waals surface area contributed by atoms with Crippen molar-refractivity contribution < 1.29 is 18.3 Å². The largest absolute Gasteiger partial charge is 0.403 e. The lowest BCUT2D eigenvalue weighted by atomic mass is 10.0. The van der Waals surface area contributed by atoms with E-state index in [4.69, 9.17) is 28.9 Å². The average Bonchev–Trinajstić information content (AvgIpc) is 2.20. The van der Waals surface area contributed by atoms with Gasteiger partial charge in [-0.3, -0.25) is 0 Å². The van der Waals surface area contributed by atoms with Gasteiger partial charge in [0.05, 0.1) is 16.1 Å². The molecule has 0 amide bonds. The molecular formula is C10H10Cl2F3NO. The van der Waals surface area contributed by atoms with Gasteiger partial charge in [-0.05, 0) is 17.7 Å². The van der Waals surface area contributed by atoms with E-state index in [0.717, 1.165) is 0 Å². The Balaban J connectivity index is 2.76. The van der Waals surface area contributed by atoms with Gasteiger partial charge in [0.25, 0.3) is 0 Å². The molecule has 1 rings (SSSR count). The number of hydrogen-bond donors (Lipinski definition) is 2. The molecule has 0 aliphatic rings. The van der Waals surface area contributed by atoms with Crippen LogP contribution in [-0.2, 0) is 0 Å². The Morgan fingerprint density at radius 1 is 1.24 bits per heavy atom. The third-order valence-electron chi connectivity index (χ3n) is 2.23. The van der Waals surface area contributed by atoms with E-state index in [1.165, 1.54) is 18.2 Å². The van der Waals surface area contributed by atoms with E-state index in [-0.39, 0.29) is 15.6 Å². The minimum atomic E-state index is -4.53. The molecule has 0 unspecified atom stereocenters. The van der Waals surface area contributed by atoms with Crippen molar-refractivity contribution in [3.8, 4) is 0 Å². The van der Waals surface area contributed by atoms with Crippen LogP contribution in [0.1, 0.15) is 18.1 Å². The molecule has 0 spiro atoms. The average molecular weight is 288 g/mol. The van der Waals surface area contributed by atoms with Gasteiger partial charge >= 0.3 is 6.18 Å². The second-order valence-corrected chi connectivity index (χ2v) is 4.39. The van der Waals surface area contributed by atoms with E-state index >= 15 is 0 Å². The van der Waals surface area contributed by atoms with Crippen molar-refractivity contribution in [3.63, 3.8) is 0 Å². The summed E-state index contributed by atoms with van der Waals surface area (Å²) in [6.07, 6.45) is -6.49. The summed E-state index contributed by atoms with van der Waals surface area (Å²) in [7, 11) is 0. The first-order valence-corrected chi connectivity index (χ1v) is 5.42. The summed E-state index contributed by atoms with van der Waals surface area (Å²) in [5.41, 5.74) is 5.16. The number of hydrogen-bond acceptors (Lipinski definition) is 2. The Morgan fingerprint density at radius 3 is 2.29 bits per heavy atom. The summed E-state index contributed by atoms with van der Waals surface area (Å²) < 4.78 is 36.6. The van der Waals surface area contributed by atoms with Gasteiger partial charge in [-0.15, -0.1) is 0 Å². The van der Waals surface area contributed by atoms with Crippen molar-refractivity contribution >= 4 is 23.2 Å². The molecule has 2 nitrogen and oxygen atoms in total. The Bertz CT molecular complexity index is 398. The summed E-state index contributed by atoms with van der Waals surface area (Å²) in [5, 5.41) is 10.0. The predicted octanol–water partition coefficient (Wildman–Crippen LogP) is 3.31. The van der Waals surface area contributed by atoms with Crippen molar-refractivity contribution in [1.29, 1.82) is 0 Å². The molecule has 1 aromatic rings. The molecule has 0 bridgehead atoms. The van der Waals surface area contributed by atoms with Gasteiger partial charge in [0.15, 0.2) is 0 Å². The standard InChI is InChI=1S/C10H10Cl2F3NO/c11-6-2-1-5(3-7(6)12)8(17)4-9(16)10(13,14)15/h1-3,8-9,17H,4,16H2/t8-,9+/m1/s1. The van der Waals surface area contributed by atoms with E-state index in [1.54, 1.807) is 0 Å². The van der Waals surface area contributed by atoms with Crippen molar-refractivity contribution in [1.82, 2.24) is 0 Å². The molecule has 0 aliphatic heterocycles. The lowest BCUT2D eigenvalue weighted by Crippen LogP contribution is -2.38. The second kappa shape index (κ2) is 5.44. The Morgan fingerprint density at radius 2 is 1.82 bits per heavy atom. The van der Waals surface area contributed by atoms with Crippen LogP contribution in [0.2, 0.25) is 10.0 Å². The number of rotatable bonds is 3. The zero-order valence-corrected chi connectivity index (χ0v) is 10.0. The van der Waals surface area contributed by atoms with E-state index in [1.807, 2.05) is 0 Å². The fourth-order valence-corrected chi connectivity index (χ4v) is 1.54. The number of benzene rings is 1. The highest BCUT2D eigenvalue weighted by molar-refractivity contribution is 6.42. The molecule has 2 atom stereocenters. The van der Waals surface area contributed by atoms with E-state index < -0.39 is 24.7 Å². The molecule has 3 N–H and O–H groups in total. The zero-order valence-electron chi connectivity index (χ0n) is 8.51. The molecule has 0 fully saturated rings. The number of alkyl halides is 3. The molecule has 0 radical (unpaired) electrons. The smallest absolute Gasteiger partial charge is 0.388 e. The Hall–Kier alpha value is -0.490. The fraction of sp³-hybridized carbons (Fsp3) is 0.400. The summed E-state index contributed by atoms with van der Waals surface area (Å²) in [6.45, 7) is 0. The molecule has 17 heavy (non-hydrogen) atoms. The number of aliphatic hydroxyl groups excluding tert-OH is 1. The summed E-state index contributed by atoms with van der Waals surface area (Å²) in [4.78, 5) is 0. The van der Waals surface area contributed by atoms with Gasteiger partial charge in [0.2, 0.25) is 0 Å². The molecule has 7 heteroatoms. The normalized spacial score (nSPS) is 15.7. The molecular weight excluding hydrogens is 278 g/mol. The number of halogens is 5. The maximum Gasteiger partial charge on any atom is 0.403 e. The fourth-order valence-electron chi connectivity index (χ4n) is 1.23. The lowest BCUT2D eigenvalue weighted by molar-refractivity contribution is -0.153. The van der Waals surface area contributed by atoms with Crippen LogP contribution in [0, 0.1) is 0 Å². The molecule has 0 saturated carbocycles. The topological polar surface area (TPSA) is 46.2 Å².